The van der Waals surface area contributed by atoms with Gasteiger partial charge in [-0.05, 0) is 93.0 Å². The highest BCUT2D eigenvalue weighted by Crippen LogP contribution is 2.53. The predicted octanol–water partition coefficient (Wildman–Crippen LogP) is 6.93. The Balaban J connectivity index is 1.35. The number of rotatable bonds is 5. The lowest BCUT2D eigenvalue weighted by Gasteiger charge is -2.54. The number of nitrogens with one attached hydrogen (secondary N) is 1. The number of nitrogens with zero attached hydrogens (tertiary/aromatic N) is 2. The fourth-order valence-electron chi connectivity index (χ4n) is 6.97. The summed E-state index contributed by atoms with van der Waals surface area (Å²) in [6.07, 6.45) is 5.99. The Morgan fingerprint density at radius 2 is 1.50 bits per heavy atom. The van der Waals surface area contributed by atoms with E-state index < -0.39 is 11.7 Å². The fourth-order valence-corrected chi connectivity index (χ4v) is 7.59. The number of amides is 1. The normalized spacial score (nSPS) is 26.3. The number of carbonyl (C=O) groups is 2. The maximum absolute atomic E-state index is 13.5. The zero-order chi connectivity index (χ0) is 25.1. The van der Waals surface area contributed by atoms with E-state index in [1.807, 2.05) is 12.1 Å². The second-order valence-electron chi connectivity index (χ2n) is 10.6. The van der Waals surface area contributed by atoms with Crippen LogP contribution in [0.5, 0.6) is 0 Å². The van der Waals surface area contributed by atoms with Gasteiger partial charge in [-0.3, -0.25) is 9.59 Å². The van der Waals surface area contributed by atoms with Gasteiger partial charge in [0.25, 0.3) is 11.7 Å². The summed E-state index contributed by atoms with van der Waals surface area (Å²) in [5.74, 6) is 1.34. The van der Waals surface area contributed by atoms with Crippen LogP contribution in [0.4, 0.5) is 0 Å². The van der Waals surface area contributed by atoms with E-state index in [9.17, 15) is 9.59 Å². The summed E-state index contributed by atoms with van der Waals surface area (Å²) in [4.78, 5) is 26.8. The Kier molecular flexibility index (Phi) is 6.14. The van der Waals surface area contributed by atoms with Crippen LogP contribution in [-0.4, -0.2) is 27.5 Å². The van der Waals surface area contributed by atoms with Crippen LogP contribution in [0.2, 0.25) is 15.1 Å². The number of hydrogen-bond acceptors (Lipinski definition) is 3. The largest absolute Gasteiger partial charge is 0.346 e. The van der Waals surface area contributed by atoms with E-state index in [1.165, 1.54) is 6.42 Å². The van der Waals surface area contributed by atoms with Crippen LogP contribution in [0, 0.1) is 30.6 Å². The molecule has 4 aliphatic rings. The van der Waals surface area contributed by atoms with Gasteiger partial charge in [-0.2, -0.15) is 5.10 Å². The zero-order valence-corrected chi connectivity index (χ0v) is 22.1. The Morgan fingerprint density at radius 3 is 2.11 bits per heavy atom. The molecule has 0 radical (unpaired) electrons. The molecular formula is C28H26Cl3N3O2. The number of halogens is 3. The van der Waals surface area contributed by atoms with Crippen molar-refractivity contribution in [2.45, 2.75) is 45.1 Å². The van der Waals surface area contributed by atoms with E-state index >= 15 is 0 Å². The van der Waals surface area contributed by atoms with Crippen molar-refractivity contribution in [3.8, 4) is 16.9 Å². The molecule has 1 heterocycles. The molecule has 0 saturated heterocycles. The van der Waals surface area contributed by atoms with Gasteiger partial charge in [0.15, 0.2) is 0 Å². The SMILES string of the molecule is Cc1c(C(=O)C(=O)NC2C3CC4CC(C3)CC2C4)nn(-c2ccc(Cl)cc2Cl)c1-c1ccc(Cl)cc1. The summed E-state index contributed by atoms with van der Waals surface area (Å²) >= 11 is 18.8. The highest BCUT2D eigenvalue weighted by molar-refractivity contribution is 6.43. The third-order valence-electron chi connectivity index (χ3n) is 8.32. The summed E-state index contributed by atoms with van der Waals surface area (Å²) in [5, 5.41) is 9.22. The first-order valence-electron chi connectivity index (χ1n) is 12.4. The third kappa shape index (κ3) is 4.15. The number of Topliss-reactive ketones (excluding diaryl/α,β-unsaturated/α-hetero) is 1. The van der Waals surface area contributed by atoms with Crippen molar-refractivity contribution >= 4 is 46.5 Å². The highest BCUT2D eigenvalue weighted by atomic mass is 35.5. The smallest absolute Gasteiger partial charge is 0.294 e. The number of benzene rings is 2. The summed E-state index contributed by atoms with van der Waals surface area (Å²) in [7, 11) is 0. The first-order valence-corrected chi connectivity index (χ1v) is 13.6. The van der Waals surface area contributed by atoms with Gasteiger partial charge in [-0.1, -0.05) is 46.9 Å². The molecule has 1 amide bonds. The average Bonchev–Trinajstić information content (AvgIpc) is 3.17. The van der Waals surface area contributed by atoms with Crippen LogP contribution in [0.1, 0.15) is 48.2 Å². The molecule has 0 aliphatic heterocycles. The molecule has 4 saturated carbocycles. The van der Waals surface area contributed by atoms with Crippen LogP contribution >= 0.6 is 34.8 Å². The van der Waals surface area contributed by atoms with Gasteiger partial charge in [-0.15, -0.1) is 0 Å². The molecule has 2 aromatic carbocycles. The second-order valence-corrected chi connectivity index (χ2v) is 11.9. The molecule has 1 N–H and O–H groups in total. The van der Waals surface area contributed by atoms with Crippen molar-refractivity contribution in [1.29, 1.82) is 0 Å². The van der Waals surface area contributed by atoms with Crippen molar-refractivity contribution in [2.24, 2.45) is 23.7 Å². The van der Waals surface area contributed by atoms with E-state index in [-0.39, 0.29) is 11.7 Å². The van der Waals surface area contributed by atoms with Crippen LogP contribution in [0.15, 0.2) is 42.5 Å². The third-order valence-corrected chi connectivity index (χ3v) is 9.11. The average molecular weight is 543 g/mol. The number of hydrogen-bond donors (Lipinski definition) is 1. The van der Waals surface area contributed by atoms with Crippen molar-refractivity contribution in [1.82, 2.24) is 15.1 Å². The van der Waals surface area contributed by atoms with Gasteiger partial charge in [0.05, 0.1) is 16.4 Å². The molecule has 0 atom stereocenters. The lowest BCUT2D eigenvalue weighted by Crippen LogP contribution is -2.56. The van der Waals surface area contributed by atoms with Gasteiger partial charge >= 0.3 is 0 Å². The number of ketones is 1. The summed E-state index contributed by atoms with van der Waals surface area (Å²) in [6, 6.07) is 12.4. The molecular weight excluding hydrogens is 517 g/mol. The molecule has 0 unspecified atom stereocenters. The first-order chi connectivity index (χ1) is 17.3. The van der Waals surface area contributed by atoms with E-state index in [1.54, 1.807) is 41.9 Å². The van der Waals surface area contributed by atoms with Crippen LogP contribution < -0.4 is 5.32 Å². The van der Waals surface area contributed by atoms with Gasteiger partial charge in [0.2, 0.25) is 0 Å². The van der Waals surface area contributed by atoms with Gasteiger partial charge < -0.3 is 5.32 Å². The van der Waals surface area contributed by atoms with Crippen LogP contribution in [-0.2, 0) is 4.79 Å². The standard InChI is InChI=1S/C28H26Cl3N3O2/c1-14-24(27(35)28(36)32-25-18-9-15-8-16(11-18)12-19(25)10-15)33-34(23-7-6-21(30)13-22(23)31)26(14)17-2-4-20(29)5-3-17/h2-7,13,15-16,18-19,25H,8-12H2,1H3,(H,32,36). The first kappa shape index (κ1) is 24.0. The van der Waals surface area contributed by atoms with Crippen molar-refractivity contribution in [3.63, 3.8) is 0 Å². The summed E-state index contributed by atoms with van der Waals surface area (Å²) < 4.78 is 1.61. The maximum atomic E-state index is 13.5. The van der Waals surface area contributed by atoms with E-state index in [0.717, 1.165) is 43.1 Å². The molecule has 5 nitrogen and oxygen atoms in total. The van der Waals surface area contributed by atoms with Gasteiger partial charge in [-0.25, -0.2) is 4.68 Å². The Morgan fingerprint density at radius 1 is 0.889 bits per heavy atom. The molecule has 4 fully saturated rings. The molecule has 8 heteroatoms. The minimum Gasteiger partial charge on any atom is -0.346 e. The lowest BCUT2D eigenvalue weighted by molar-refractivity contribution is -0.120. The van der Waals surface area contributed by atoms with Gasteiger partial charge in [0.1, 0.15) is 5.69 Å². The number of aromatic nitrogens is 2. The van der Waals surface area contributed by atoms with Gasteiger partial charge in [0, 0.05) is 27.2 Å². The van der Waals surface area contributed by atoms with Crippen LogP contribution in [0.25, 0.3) is 16.9 Å². The Hall–Kier alpha value is -2.34. The molecule has 3 aromatic rings. The Labute approximate surface area is 225 Å². The van der Waals surface area contributed by atoms with Crippen molar-refractivity contribution in [3.05, 3.63) is 68.8 Å². The molecule has 7 rings (SSSR count). The van der Waals surface area contributed by atoms with Crippen molar-refractivity contribution < 1.29 is 9.59 Å². The maximum Gasteiger partial charge on any atom is 0.294 e. The minimum atomic E-state index is -0.625. The quantitative estimate of drug-likeness (QED) is 0.281. The zero-order valence-electron chi connectivity index (χ0n) is 19.8. The van der Waals surface area contributed by atoms with E-state index in [2.05, 4.69) is 10.4 Å². The molecule has 1 aromatic heterocycles. The highest BCUT2D eigenvalue weighted by Gasteiger charge is 2.49. The summed E-state index contributed by atoms with van der Waals surface area (Å²) in [5.41, 5.74) is 2.76. The molecule has 4 bridgehead atoms. The summed E-state index contributed by atoms with van der Waals surface area (Å²) in [6.45, 7) is 1.81. The molecule has 4 aliphatic carbocycles. The monoisotopic (exact) mass is 541 g/mol. The second kappa shape index (κ2) is 9.20. The fraction of sp³-hybridized carbons (Fsp3) is 0.393. The minimum absolute atomic E-state index is 0.0816. The number of carbonyl (C=O) groups excluding carboxylic acids is 2. The Bertz CT molecular complexity index is 1340. The van der Waals surface area contributed by atoms with E-state index in [4.69, 9.17) is 34.8 Å². The van der Waals surface area contributed by atoms with Crippen molar-refractivity contribution in [2.75, 3.05) is 0 Å². The van der Waals surface area contributed by atoms with Crippen LogP contribution in [0.3, 0.4) is 0 Å². The lowest BCUT2D eigenvalue weighted by atomic mass is 9.54. The predicted molar refractivity (Wildman–Crippen MR) is 142 cm³/mol. The topological polar surface area (TPSA) is 64.0 Å². The molecule has 186 valence electrons. The van der Waals surface area contributed by atoms with E-state index in [0.29, 0.717) is 43.8 Å². The molecule has 0 spiro atoms. The molecule has 36 heavy (non-hydrogen) atoms.